The maximum Gasteiger partial charge on any atom is 0.160 e. The molecule has 1 N–H and O–H groups in total. The second-order valence-electron chi connectivity index (χ2n) is 7.21. The van der Waals surface area contributed by atoms with Gasteiger partial charge >= 0.3 is 0 Å². The van der Waals surface area contributed by atoms with Gasteiger partial charge in [-0.3, -0.25) is 0 Å². The summed E-state index contributed by atoms with van der Waals surface area (Å²) in [5.41, 5.74) is -0.0881. The quantitative estimate of drug-likeness (QED) is 0.731. The SMILES string of the molecule is CCC1C(C)C2CC(OC(O)C(C)(CC)CC)C1C2. The van der Waals surface area contributed by atoms with Gasteiger partial charge in [0.25, 0.3) is 0 Å². The third-order valence-corrected chi connectivity index (χ3v) is 6.54. The molecule has 0 heterocycles. The molecule has 0 aromatic heterocycles. The lowest BCUT2D eigenvalue weighted by Crippen LogP contribution is -2.40. The molecule has 2 fully saturated rings. The van der Waals surface area contributed by atoms with Crippen LogP contribution in [0, 0.1) is 29.1 Å². The van der Waals surface area contributed by atoms with Gasteiger partial charge in [-0.05, 0) is 49.4 Å². The lowest BCUT2D eigenvalue weighted by molar-refractivity contribution is -0.213. The zero-order chi connectivity index (χ0) is 14.2. The topological polar surface area (TPSA) is 29.5 Å². The van der Waals surface area contributed by atoms with E-state index in [0.717, 1.165) is 30.6 Å². The van der Waals surface area contributed by atoms with Crippen molar-refractivity contribution < 1.29 is 9.84 Å². The monoisotopic (exact) mass is 268 g/mol. The third-order valence-electron chi connectivity index (χ3n) is 6.54. The van der Waals surface area contributed by atoms with Crippen molar-refractivity contribution in [3.63, 3.8) is 0 Å². The fourth-order valence-corrected chi connectivity index (χ4v) is 4.45. The van der Waals surface area contributed by atoms with E-state index in [9.17, 15) is 5.11 Å². The Kier molecular flexibility index (Phi) is 4.62. The van der Waals surface area contributed by atoms with Crippen LogP contribution in [-0.4, -0.2) is 17.5 Å². The smallest absolute Gasteiger partial charge is 0.160 e. The van der Waals surface area contributed by atoms with Gasteiger partial charge in [0.1, 0.15) is 0 Å². The predicted molar refractivity (Wildman–Crippen MR) is 78.7 cm³/mol. The molecule has 2 saturated carbocycles. The Bertz CT molecular complexity index is 298. The fraction of sp³-hybridized carbons (Fsp3) is 1.00. The first-order chi connectivity index (χ1) is 8.96. The standard InChI is InChI=1S/C17H32O2/c1-6-13-11(4)12-9-14(13)15(10-12)19-16(18)17(5,7-2)8-3/h11-16,18H,6-10H2,1-5H3. The van der Waals surface area contributed by atoms with Gasteiger partial charge in [-0.15, -0.1) is 0 Å². The minimum Gasteiger partial charge on any atom is -0.367 e. The number of hydrogen-bond acceptors (Lipinski definition) is 2. The Morgan fingerprint density at radius 1 is 1.21 bits per heavy atom. The van der Waals surface area contributed by atoms with Crippen LogP contribution >= 0.6 is 0 Å². The van der Waals surface area contributed by atoms with Crippen molar-refractivity contribution >= 4 is 0 Å². The number of ether oxygens (including phenoxy) is 1. The van der Waals surface area contributed by atoms with E-state index in [1.807, 2.05) is 0 Å². The van der Waals surface area contributed by atoms with Gasteiger partial charge in [-0.25, -0.2) is 0 Å². The number of aliphatic hydroxyl groups is 1. The Labute approximate surface area is 118 Å². The van der Waals surface area contributed by atoms with Crippen molar-refractivity contribution in [1.29, 1.82) is 0 Å². The fourth-order valence-electron chi connectivity index (χ4n) is 4.45. The van der Waals surface area contributed by atoms with Gasteiger partial charge in [-0.2, -0.15) is 0 Å². The summed E-state index contributed by atoms with van der Waals surface area (Å²) in [6.07, 6.45) is 5.41. The average molecular weight is 268 g/mol. The zero-order valence-corrected chi connectivity index (χ0v) is 13.4. The van der Waals surface area contributed by atoms with Crippen LogP contribution in [0.3, 0.4) is 0 Å². The van der Waals surface area contributed by atoms with Gasteiger partial charge in [0.2, 0.25) is 0 Å². The van der Waals surface area contributed by atoms with E-state index >= 15 is 0 Å². The van der Waals surface area contributed by atoms with Gasteiger partial charge in [0.05, 0.1) is 6.10 Å². The van der Waals surface area contributed by atoms with Crippen LogP contribution in [0.25, 0.3) is 0 Å². The molecule has 0 spiro atoms. The molecule has 6 unspecified atom stereocenters. The van der Waals surface area contributed by atoms with E-state index < -0.39 is 6.29 Å². The van der Waals surface area contributed by atoms with Crippen LogP contribution in [0.2, 0.25) is 0 Å². The van der Waals surface area contributed by atoms with E-state index in [1.54, 1.807) is 0 Å². The zero-order valence-electron chi connectivity index (χ0n) is 13.4. The van der Waals surface area contributed by atoms with Crippen molar-refractivity contribution in [3.05, 3.63) is 0 Å². The number of rotatable bonds is 6. The van der Waals surface area contributed by atoms with E-state index in [2.05, 4.69) is 34.6 Å². The molecule has 19 heavy (non-hydrogen) atoms. The number of hydrogen-bond donors (Lipinski definition) is 1. The first-order valence-electron chi connectivity index (χ1n) is 8.30. The summed E-state index contributed by atoms with van der Waals surface area (Å²) in [5.74, 6) is 3.19. The largest absolute Gasteiger partial charge is 0.367 e. The minimum absolute atomic E-state index is 0.0881. The van der Waals surface area contributed by atoms with Crippen molar-refractivity contribution in [2.24, 2.45) is 29.1 Å². The van der Waals surface area contributed by atoms with Crippen LogP contribution < -0.4 is 0 Å². The summed E-state index contributed by atoms with van der Waals surface area (Å²) >= 11 is 0. The van der Waals surface area contributed by atoms with Crippen LogP contribution in [0.15, 0.2) is 0 Å². The average Bonchev–Trinajstić information content (AvgIpc) is 2.95. The summed E-state index contributed by atoms with van der Waals surface area (Å²) in [6.45, 7) is 11.2. The summed E-state index contributed by atoms with van der Waals surface area (Å²) in [5, 5.41) is 10.5. The molecule has 2 nitrogen and oxygen atoms in total. The highest BCUT2D eigenvalue weighted by atomic mass is 16.6. The molecule has 6 atom stereocenters. The highest BCUT2D eigenvalue weighted by Crippen LogP contribution is 2.54. The summed E-state index contributed by atoms with van der Waals surface area (Å²) in [7, 11) is 0. The van der Waals surface area contributed by atoms with Gasteiger partial charge in [0, 0.05) is 5.41 Å². The molecule has 0 amide bonds. The molecule has 2 heteroatoms. The van der Waals surface area contributed by atoms with Crippen LogP contribution in [-0.2, 0) is 4.74 Å². The first-order valence-corrected chi connectivity index (χ1v) is 8.30. The molecular weight excluding hydrogens is 236 g/mol. The second kappa shape index (κ2) is 5.73. The van der Waals surface area contributed by atoms with Crippen molar-refractivity contribution in [3.8, 4) is 0 Å². The predicted octanol–water partition coefficient (Wildman–Crippen LogP) is 4.22. The van der Waals surface area contributed by atoms with E-state index in [0.29, 0.717) is 12.0 Å². The van der Waals surface area contributed by atoms with Crippen LogP contribution in [0.5, 0.6) is 0 Å². The summed E-state index contributed by atoms with van der Waals surface area (Å²) in [6, 6.07) is 0. The lowest BCUT2D eigenvalue weighted by atomic mass is 9.77. The molecule has 2 rings (SSSR count). The first kappa shape index (κ1) is 15.3. The second-order valence-corrected chi connectivity index (χ2v) is 7.21. The Hall–Kier alpha value is -0.0800. The molecular formula is C17H32O2. The van der Waals surface area contributed by atoms with E-state index in [4.69, 9.17) is 4.74 Å². The van der Waals surface area contributed by atoms with Crippen molar-refractivity contribution in [2.45, 2.75) is 79.1 Å². The van der Waals surface area contributed by atoms with Crippen LogP contribution in [0.1, 0.15) is 66.7 Å². The molecule has 0 radical (unpaired) electrons. The minimum atomic E-state index is -0.598. The maximum atomic E-state index is 10.5. The van der Waals surface area contributed by atoms with Gasteiger partial charge < -0.3 is 9.84 Å². The van der Waals surface area contributed by atoms with Crippen LogP contribution in [0.4, 0.5) is 0 Å². The molecule has 2 aliphatic carbocycles. The summed E-state index contributed by atoms with van der Waals surface area (Å²) in [4.78, 5) is 0. The van der Waals surface area contributed by atoms with E-state index in [-0.39, 0.29) is 5.41 Å². The molecule has 2 aliphatic rings. The molecule has 0 aliphatic heterocycles. The number of fused-ring (bicyclic) bond motifs is 2. The van der Waals surface area contributed by atoms with Crippen molar-refractivity contribution in [1.82, 2.24) is 0 Å². The molecule has 0 saturated heterocycles. The van der Waals surface area contributed by atoms with Gasteiger partial charge in [-0.1, -0.05) is 41.0 Å². The molecule has 0 aromatic rings. The number of aliphatic hydroxyl groups excluding tert-OH is 1. The molecule has 0 aromatic carbocycles. The lowest BCUT2D eigenvalue weighted by Gasteiger charge is -2.39. The Morgan fingerprint density at radius 3 is 2.32 bits per heavy atom. The molecule has 2 bridgehead atoms. The summed E-state index contributed by atoms with van der Waals surface area (Å²) < 4.78 is 6.13. The van der Waals surface area contributed by atoms with Gasteiger partial charge in [0.15, 0.2) is 6.29 Å². The van der Waals surface area contributed by atoms with Crippen molar-refractivity contribution in [2.75, 3.05) is 0 Å². The Balaban J connectivity index is 1.98. The highest BCUT2D eigenvalue weighted by Gasteiger charge is 2.51. The highest BCUT2D eigenvalue weighted by molar-refractivity contribution is 5.00. The maximum absolute atomic E-state index is 10.5. The third kappa shape index (κ3) is 2.58. The molecule has 112 valence electrons. The van der Waals surface area contributed by atoms with E-state index in [1.165, 1.54) is 19.3 Å². The Morgan fingerprint density at radius 2 is 1.84 bits per heavy atom. The normalized spacial score (nSPS) is 39.8.